The lowest BCUT2D eigenvalue weighted by molar-refractivity contribution is -0.128. The van der Waals surface area contributed by atoms with Gasteiger partial charge in [-0.2, -0.15) is 10.4 Å². The highest BCUT2D eigenvalue weighted by Gasteiger charge is 2.23. The maximum atomic E-state index is 13.5. The molecule has 0 aliphatic heterocycles. The Morgan fingerprint density at radius 3 is 2.62 bits per heavy atom. The number of benzene rings is 1. The van der Waals surface area contributed by atoms with Crippen LogP contribution in [0.15, 0.2) is 18.2 Å². The Morgan fingerprint density at radius 1 is 1.28 bits per heavy atom. The van der Waals surface area contributed by atoms with E-state index in [1.165, 1.54) is 13.1 Å². The Hall–Kier alpha value is -3.28. The average Bonchev–Trinajstić information content (AvgIpc) is 2.97. The van der Waals surface area contributed by atoms with Crippen molar-refractivity contribution in [3.8, 4) is 6.07 Å². The van der Waals surface area contributed by atoms with Crippen molar-refractivity contribution in [2.45, 2.75) is 45.7 Å². The van der Waals surface area contributed by atoms with Crippen LogP contribution in [0.4, 0.5) is 8.78 Å². The van der Waals surface area contributed by atoms with Crippen LogP contribution in [0.25, 0.3) is 0 Å². The molecule has 0 saturated carbocycles. The number of nitriles is 1. The van der Waals surface area contributed by atoms with Gasteiger partial charge in [0, 0.05) is 19.2 Å². The first-order valence-electron chi connectivity index (χ1n) is 9.14. The van der Waals surface area contributed by atoms with E-state index in [0.29, 0.717) is 19.4 Å². The highest BCUT2D eigenvalue weighted by molar-refractivity contribution is 5.88. The molecule has 2 N–H and O–H groups in total. The minimum atomic E-state index is -1.14. The highest BCUT2D eigenvalue weighted by Crippen LogP contribution is 2.19. The number of rotatable bonds is 8. The number of halogens is 2. The number of amides is 2. The minimum Gasteiger partial charge on any atom is -0.357 e. The summed E-state index contributed by atoms with van der Waals surface area (Å²) in [6.45, 7) is 4.18. The second kappa shape index (κ2) is 9.78. The number of nitrogens with one attached hydrogen (secondary N) is 2. The summed E-state index contributed by atoms with van der Waals surface area (Å²) in [5, 5.41) is 18.1. The molecule has 1 aromatic carbocycles. The van der Waals surface area contributed by atoms with Gasteiger partial charge in [0.15, 0.2) is 11.6 Å². The number of aryl methyl sites for hydroxylation is 2. The zero-order chi connectivity index (χ0) is 21.6. The van der Waals surface area contributed by atoms with Crippen LogP contribution in [0, 0.1) is 36.8 Å². The van der Waals surface area contributed by atoms with E-state index in [1.807, 2.05) is 13.8 Å². The summed E-state index contributed by atoms with van der Waals surface area (Å²) in [6, 6.07) is 3.99. The normalized spacial score (nSPS) is 11.6. The van der Waals surface area contributed by atoms with E-state index in [4.69, 9.17) is 5.26 Å². The fourth-order valence-corrected chi connectivity index (χ4v) is 3.08. The number of carbonyl (C=O) groups excluding carboxylic acids is 2. The summed E-state index contributed by atoms with van der Waals surface area (Å²) >= 11 is 0. The zero-order valence-electron chi connectivity index (χ0n) is 16.6. The SMILES string of the molecule is CNC(=O)C(NC(=O)CCc1c(C)nn(CCC#N)c1C)c1ccc(F)c(F)c1. The van der Waals surface area contributed by atoms with Gasteiger partial charge in [-0.05, 0) is 43.5 Å². The Labute approximate surface area is 167 Å². The molecular formula is C20H23F2N5O2. The third kappa shape index (κ3) is 5.38. The topological polar surface area (TPSA) is 99.8 Å². The second-order valence-electron chi connectivity index (χ2n) is 6.57. The fraction of sp³-hybridized carbons (Fsp3) is 0.400. The highest BCUT2D eigenvalue weighted by atomic mass is 19.2. The Bertz CT molecular complexity index is 949. The van der Waals surface area contributed by atoms with Crippen LogP contribution < -0.4 is 10.6 Å². The van der Waals surface area contributed by atoms with Gasteiger partial charge < -0.3 is 10.6 Å². The van der Waals surface area contributed by atoms with Gasteiger partial charge in [-0.3, -0.25) is 14.3 Å². The van der Waals surface area contributed by atoms with Crippen LogP contribution in [-0.4, -0.2) is 28.6 Å². The monoisotopic (exact) mass is 403 g/mol. The Kier molecular flexibility index (Phi) is 7.42. The first-order valence-corrected chi connectivity index (χ1v) is 9.14. The molecule has 0 radical (unpaired) electrons. The van der Waals surface area contributed by atoms with Crippen molar-refractivity contribution in [3.63, 3.8) is 0 Å². The summed E-state index contributed by atoms with van der Waals surface area (Å²) in [7, 11) is 1.39. The van der Waals surface area contributed by atoms with Gasteiger partial charge >= 0.3 is 0 Å². The fourth-order valence-electron chi connectivity index (χ4n) is 3.08. The van der Waals surface area contributed by atoms with E-state index in [9.17, 15) is 18.4 Å². The molecule has 2 aromatic rings. The van der Waals surface area contributed by atoms with Gasteiger partial charge in [0.2, 0.25) is 11.8 Å². The first kappa shape index (κ1) is 22.0. The van der Waals surface area contributed by atoms with Gasteiger partial charge in [0.1, 0.15) is 6.04 Å². The lowest BCUT2D eigenvalue weighted by atomic mass is 10.0. The minimum absolute atomic E-state index is 0.0861. The standard InChI is InChI=1S/C20H23F2N5O2/c1-12-15(13(2)27(26-12)10-4-9-23)6-8-18(28)25-19(20(29)24-3)14-5-7-16(21)17(22)11-14/h5,7,11,19H,4,6,8,10H2,1-3H3,(H,24,29)(H,25,28). The van der Waals surface area contributed by atoms with Gasteiger partial charge in [0.05, 0.1) is 24.7 Å². The molecule has 2 rings (SSSR count). The number of carbonyl (C=O) groups is 2. The number of hydrogen-bond donors (Lipinski definition) is 2. The number of likely N-dealkylation sites (N-methyl/N-ethyl adjacent to an activating group) is 1. The molecule has 0 saturated heterocycles. The van der Waals surface area contributed by atoms with Gasteiger partial charge in [-0.1, -0.05) is 6.07 Å². The zero-order valence-corrected chi connectivity index (χ0v) is 16.6. The molecular weight excluding hydrogens is 380 g/mol. The third-order valence-electron chi connectivity index (χ3n) is 4.66. The summed E-state index contributed by atoms with van der Waals surface area (Å²) in [5.41, 5.74) is 2.71. The van der Waals surface area contributed by atoms with Crippen LogP contribution in [-0.2, 0) is 22.6 Å². The molecule has 0 bridgehead atoms. The molecule has 154 valence electrons. The van der Waals surface area contributed by atoms with Crippen LogP contribution in [0.5, 0.6) is 0 Å². The molecule has 0 aliphatic rings. The van der Waals surface area contributed by atoms with Crippen molar-refractivity contribution in [1.29, 1.82) is 5.26 Å². The second-order valence-corrected chi connectivity index (χ2v) is 6.57. The van der Waals surface area contributed by atoms with E-state index in [0.717, 1.165) is 29.1 Å². The van der Waals surface area contributed by atoms with Crippen LogP contribution in [0.2, 0.25) is 0 Å². The molecule has 1 heterocycles. The van der Waals surface area contributed by atoms with Gasteiger partial charge in [-0.15, -0.1) is 0 Å². The predicted molar refractivity (Wildman–Crippen MR) is 102 cm³/mol. The summed E-state index contributed by atoms with van der Waals surface area (Å²) < 4.78 is 28.5. The molecule has 7 nitrogen and oxygen atoms in total. The molecule has 0 spiro atoms. The van der Waals surface area contributed by atoms with Gasteiger partial charge in [0.25, 0.3) is 0 Å². The van der Waals surface area contributed by atoms with Crippen molar-refractivity contribution in [3.05, 3.63) is 52.3 Å². The summed E-state index contributed by atoms with van der Waals surface area (Å²) in [6.07, 6.45) is 0.820. The third-order valence-corrected chi connectivity index (χ3v) is 4.66. The van der Waals surface area contributed by atoms with E-state index in [-0.39, 0.29) is 12.0 Å². The summed E-state index contributed by atoms with van der Waals surface area (Å²) in [5.74, 6) is -3.08. The molecule has 1 aromatic heterocycles. The molecule has 0 aliphatic carbocycles. The van der Waals surface area contributed by atoms with Crippen molar-refractivity contribution >= 4 is 11.8 Å². The Balaban J connectivity index is 2.09. The lowest BCUT2D eigenvalue weighted by Gasteiger charge is -2.18. The van der Waals surface area contributed by atoms with E-state index in [1.54, 1.807) is 4.68 Å². The Morgan fingerprint density at radius 2 is 2.00 bits per heavy atom. The average molecular weight is 403 g/mol. The van der Waals surface area contributed by atoms with Crippen LogP contribution >= 0.6 is 0 Å². The van der Waals surface area contributed by atoms with E-state index < -0.39 is 29.5 Å². The van der Waals surface area contributed by atoms with Crippen molar-refractivity contribution < 1.29 is 18.4 Å². The largest absolute Gasteiger partial charge is 0.357 e. The smallest absolute Gasteiger partial charge is 0.246 e. The van der Waals surface area contributed by atoms with Crippen molar-refractivity contribution in [2.24, 2.45) is 0 Å². The number of hydrogen-bond acceptors (Lipinski definition) is 4. The van der Waals surface area contributed by atoms with Crippen LogP contribution in [0.1, 0.15) is 41.4 Å². The maximum Gasteiger partial charge on any atom is 0.246 e. The quantitative estimate of drug-likeness (QED) is 0.706. The predicted octanol–water partition coefficient (Wildman–Crippen LogP) is 2.23. The molecule has 1 atom stereocenters. The molecule has 2 amide bonds. The van der Waals surface area contributed by atoms with Gasteiger partial charge in [-0.25, -0.2) is 8.78 Å². The summed E-state index contributed by atoms with van der Waals surface area (Å²) in [4.78, 5) is 24.6. The van der Waals surface area contributed by atoms with Crippen molar-refractivity contribution in [2.75, 3.05) is 7.05 Å². The molecule has 0 fully saturated rings. The van der Waals surface area contributed by atoms with Crippen LogP contribution in [0.3, 0.4) is 0 Å². The van der Waals surface area contributed by atoms with Crippen molar-refractivity contribution in [1.82, 2.24) is 20.4 Å². The first-order chi connectivity index (χ1) is 13.8. The lowest BCUT2D eigenvalue weighted by Crippen LogP contribution is -2.39. The molecule has 1 unspecified atom stereocenters. The number of aromatic nitrogens is 2. The van der Waals surface area contributed by atoms with E-state index >= 15 is 0 Å². The van der Waals surface area contributed by atoms with E-state index in [2.05, 4.69) is 21.8 Å². The number of nitrogens with zero attached hydrogens (tertiary/aromatic N) is 3. The maximum absolute atomic E-state index is 13.5. The molecule has 29 heavy (non-hydrogen) atoms. The molecule has 9 heteroatoms.